The van der Waals surface area contributed by atoms with Crippen LogP contribution in [0.25, 0.3) is 0 Å². The van der Waals surface area contributed by atoms with Crippen molar-refractivity contribution in [1.82, 2.24) is 9.97 Å². The maximum Gasteiger partial charge on any atom is 0.271 e. The van der Waals surface area contributed by atoms with Crippen LogP contribution in [0.4, 0.5) is 11.6 Å². The number of thiol groups is 1. The summed E-state index contributed by atoms with van der Waals surface area (Å²) in [4.78, 5) is 30.7. The second-order valence-electron chi connectivity index (χ2n) is 5.47. The van der Waals surface area contributed by atoms with Crippen LogP contribution in [0, 0.1) is 11.3 Å². The molecule has 0 radical (unpaired) electrons. The molecule has 1 saturated carbocycles. The average molecular weight is 349 g/mol. The first-order valence-electron chi connectivity index (χ1n) is 7.26. The van der Waals surface area contributed by atoms with E-state index >= 15 is 0 Å². The Morgan fingerprint density at radius 2 is 2.12 bits per heavy atom. The monoisotopic (exact) mass is 349 g/mol. The van der Waals surface area contributed by atoms with E-state index in [0.29, 0.717) is 10.7 Å². The zero-order valence-corrected chi connectivity index (χ0v) is 13.9. The Labute approximate surface area is 144 Å². The Hall–Kier alpha value is -2.62. The molecule has 7 N–H and O–H groups in total. The molecule has 2 amide bonds. The van der Waals surface area contributed by atoms with Crippen LogP contribution in [0.5, 0.6) is 0 Å². The molecule has 1 aromatic heterocycles. The van der Waals surface area contributed by atoms with Crippen molar-refractivity contribution >= 4 is 41.8 Å². The summed E-state index contributed by atoms with van der Waals surface area (Å²) >= 11 is 4.25. The van der Waals surface area contributed by atoms with Gasteiger partial charge in [0.15, 0.2) is 11.5 Å². The molecule has 1 fully saturated rings. The van der Waals surface area contributed by atoms with E-state index < -0.39 is 17.9 Å². The van der Waals surface area contributed by atoms with Gasteiger partial charge in [-0.1, -0.05) is 0 Å². The van der Waals surface area contributed by atoms with E-state index in [2.05, 4.69) is 33.2 Å². The summed E-state index contributed by atoms with van der Waals surface area (Å²) in [5.74, 6) is -0.739. The maximum atomic E-state index is 11.5. The second kappa shape index (κ2) is 7.30. The number of nitrogens with two attached hydrogens (primary N) is 2. The Bertz CT molecular complexity index is 715. The summed E-state index contributed by atoms with van der Waals surface area (Å²) < 4.78 is 0. The van der Waals surface area contributed by atoms with Gasteiger partial charge in [-0.05, 0) is 25.8 Å². The zero-order valence-electron chi connectivity index (χ0n) is 13.0. The molecule has 1 heterocycles. The highest BCUT2D eigenvalue weighted by Crippen LogP contribution is 2.31. The third-order valence-electron chi connectivity index (χ3n) is 3.35. The lowest BCUT2D eigenvalue weighted by molar-refractivity contribution is -0.118. The largest absolute Gasteiger partial charge is 0.368 e. The highest BCUT2D eigenvalue weighted by atomic mass is 32.1. The van der Waals surface area contributed by atoms with E-state index in [-0.39, 0.29) is 23.2 Å². The number of amides is 2. The van der Waals surface area contributed by atoms with Gasteiger partial charge in [0.2, 0.25) is 5.91 Å². The highest BCUT2D eigenvalue weighted by Gasteiger charge is 2.25. The quantitative estimate of drug-likeness (QED) is 0.295. The van der Waals surface area contributed by atoms with Gasteiger partial charge >= 0.3 is 0 Å². The number of carbonyl (C=O) groups is 2. The van der Waals surface area contributed by atoms with Crippen molar-refractivity contribution in [2.75, 3.05) is 10.6 Å². The van der Waals surface area contributed by atoms with E-state index in [0.717, 1.165) is 12.8 Å². The number of primary amides is 2. The van der Waals surface area contributed by atoms with Crippen molar-refractivity contribution < 1.29 is 9.59 Å². The summed E-state index contributed by atoms with van der Waals surface area (Å²) in [5.41, 5.74) is 10.8. The Morgan fingerprint density at radius 3 is 2.67 bits per heavy atom. The van der Waals surface area contributed by atoms with Gasteiger partial charge in [0, 0.05) is 11.6 Å². The van der Waals surface area contributed by atoms with Gasteiger partial charge in [0.1, 0.15) is 11.9 Å². The van der Waals surface area contributed by atoms with E-state index in [1.807, 2.05) is 0 Å². The third kappa shape index (κ3) is 4.69. The van der Waals surface area contributed by atoms with Crippen LogP contribution in [-0.2, 0) is 4.79 Å². The van der Waals surface area contributed by atoms with Crippen molar-refractivity contribution in [2.24, 2.45) is 17.4 Å². The van der Waals surface area contributed by atoms with Crippen LogP contribution in [0.1, 0.15) is 30.3 Å². The van der Waals surface area contributed by atoms with Gasteiger partial charge in [0.25, 0.3) is 5.91 Å². The van der Waals surface area contributed by atoms with E-state index in [9.17, 15) is 9.59 Å². The van der Waals surface area contributed by atoms with Gasteiger partial charge in [-0.15, -0.1) is 12.6 Å². The molecule has 0 saturated heterocycles. The minimum absolute atomic E-state index is 0.0778. The number of anilines is 2. The molecule has 1 atom stereocenters. The number of hydrogen-bond donors (Lipinski definition) is 6. The molecular weight excluding hydrogens is 330 g/mol. The number of hydrogen-bond acceptors (Lipinski definition) is 8. The fraction of sp³-hybridized carbons (Fsp3) is 0.357. The first-order valence-corrected chi connectivity index (χ1v) is 7.71. The Morgan fingerprint density at radius 1 is 1.46 bits per heavy atom. The van der Waals surface area contributed by atoms with Crippen molar-refractivity contribution in [3.05, 3.63) is 23.0 Å². The number of rotatable bonds is 8. The Kier molecular flexibility index (Phi) is 5.39. The highest BCUT2D eigenvalue weighted by molar-refractivity contribution is 7.84. The topological polar surface area (TPSA) is 160 Å². The molecule has 0 aromatic carbocycles. The van der Waals surface area contributed by atoms with Crippen molar-refractivity contribution in [2.45, 2.75) is 25.8 Å². The summed E-state index contributed by atoms with van der Waals surface area (Å²) in [7, 11) is 0. The standard InChI is InChI=1S/C14H19N7O2S/c1-6(12(16)22)19-9-5-18-11(13(17)23)14(20-9)21-10(24)4-8(15)7-2-3-7/h4-7,15,24H,2-3H2,1H3,(H2,16,22)(H2,17,23)(H2,19,20,21)/b10-4-,15-8?/t6-/m1/s1. The molecular formula is C14H19N7O2S. The number of carbonyl (C=O) groups excluding carboxylic acids is 2. The lowest BCUT2D eigenvalue weighted by Crippen LogP contribution is -2.33. The summed E-state index contributed by atoms with van der Waals surface area (Å²) in [6.07, 6.45) is 4.82. The fourth-order valence-corrected chi connectivity index (χ4v) is 2.08. The second-order valence-corrected chi connectivity index (χ2v) is 5.95. The minimum Gasteiger partial charge on any atom is -0.368 e. The van der Waals surface area contributed by atoms with Crippen LogP contribution in [0.15, 0.2) is 17.3 Å². The smallest absolute Gasteiger partial charge is 0.271 e. The predicted octanol–water partition coefficient (Wildman–Crippen LogP) is 0.474. The molecule has 1 aliphatic rings. The predicted molar refractivity (Wildman–Crippen MR) is 94.0 cm³/mol. The van der Waals surface area contributed by atoms with Crippen molar-refractivity contribution in [3.63, 3.8) is 0 Å². The molecule has 0 unspecified atom stereocenters. The maximum absolute atomic E-state index is 11.5. The molecule has 9 nitrogen and oxygen atoms in total. The molecule has 10 heteroatoms. The first kappa shape index (κ1) is 17.7. The number of aromatic nitrogens is 2. The van der Waals surface area contributed by atoms with Gasteiger partial charge in [-0.2, -0.15) is 0 Å². The summed E-state index contributed by atoms with van der Waals surface area (Å²) in [6, 6.07) is -0.666. The van der Waals surface area contributed by atoms with Gasteiger partial charge in [0.05, 0.1) is 11.2 Å². The van der Waals surface area contributed by atoms with Crippen LogP contribution >= 0.6 is 12.6 Å². The normalized spacial score (nSPS) is 15.5. The Balaban J connectivity index is 2.22. The lowest BCUT2D eigenvalue weighted by Gasteiger charge is -2.13. The minimum atomic E-state index is -0.766. The van der Waals surface area contributed by atoms with Gasteiger partial charge in [-0.25, -0.2) is 9.97 Å². The lowest BCUT2D eigenvalue weighted by atomic mass is 10.2. The van der Waals surface area contributed by atoms with Crippen LogP contribution in [-0.4, -0.2) is 33.5 Å². The molecule has 128 valence electrons. The fourth-order valence-electron chi connectivity index (χ4n) is 1.84. The molecule has 24 heavy (non-hydrogen) atoms. The SMILES string of the molecule is C[C@@H](Nc1cnc(C(N)=O)c(N/C(S)=C/C(=N)C2CC2)n1)C(N)=O. The number of nitrogens with one attached hydrogen (secondary N) is 3. The third-order valence-corrected chi connectivity index (χ3v) is 3.59. The van der Waals surface area contributed by atoms with Crippen LogP contribution in [0.2, 0.25) is 0 Å². The zero-order chi connectivity index (χ0) is 17.9. The summed E-state index contributed by atoms with van der Waals surface area (Å²) in [5, 5.41) is 13.8. The van der Waals surface area contributed by atoms with Gasteiger partial charge in [-0.3, -0.25) is 9.59 Å². The van der Waals surface area contributed by atoms with E-state index in [4.69, 9.17) is 16.9 Å². The van der Waals surface area contributed by atoms with Crippen LogP contribution in [0.3, 0.4) is 0 Å². The first-order chi connectivity index (χ1) is 11.3. The van der Waals surface area contributed by atoms with Crippen LogP contribution < -0.4 is 22.1 Å². The molecule has 2 rings (SSSR count). The summed E-state index contributed by atoms with van der Waals surface area (Å²) in [6.45, 7) is 1.57. The van der Waals surface area contributed by atoms with Crippen molar-refractivity contribution in [3.8, 4) is 0 Å². The van der Waals surface area contributed by atoms with Crippen molar-refractivity contribution in [1.29, 1.82) is 5.41 Å². The van der Waals surface area contributed by atoms with Gasteiger partial charge < -0.3 is 27.5 Å². The number of allylic oxidation sites excluding steroid dienone is 1. The van der Waals surface area contributed by atoms with E-state index in [1.165, 1.54) is 6.20 Å². The molecule has 0 aliphatic heterocycles. The molecule has 0 bridgehead atoms. The average Bonchev–Trinajstić information content (AvgIpc) is 3.31. The molecule has 1 aromatic rings. The molecule has 0 spiro atoms. The number of nitrogens with zero attached hydrogens (tertiary/aromatic N) is 2. The van der Waals surface area contributed by atoms with E-state index in [1.54, 1.807) is 13.0 Å². The molecule has 1 aliphatic carbocycles.